The first kappa shape index (κ1) is 21.3. The van der Waals surface area contributed by atoms with Crippen molar-refractivity contribution < 1.29 is 14.3 Å². The summed E-state index contributed by atoms with van der Waals surface area (Å²) in [5.41, 5.74) is 2.94. The van der Waals surface area contributed by atoms with Gasteiger partial charge in [-0.2, -0.15) is 0 Å². The summed E-state index contributed by atoms with van der Waals surface area (Å²) in [5, 5.41) is 10.8. The molecule has 0 aliphatic carbocycles. The van der Waals surface area contributed by atoms with Crippen molar-refractivity contribution in [1.29, 1.82) is 0 Å². The van der Waals surface area contributed by atoms with Crippen molar-refractivity contribution in [1.82, 2.24) is 4.98 Å². The second kappa shape index (κ2) is 8.93. The summed E-state index contributed by atoms with van der Waals surface area (Å²) in [4.78, 5) is 16.6. The number of benzene rings is 2. The Morgan fingerprint density at radius 2 is 1.69 bits per heavy atom. The Morgan fingerprint density at radius 1 is 1.03 bits per heavy atom. The van der Waals surface area contributed by atoms with Crippen molar-refractivity contribution in [3.63, 3.8) is 0 Å². The van der Waals surface area contributed by atoms with Crippen LogP contribution < -0.4 is 0 Å². The molecule has 0 unspecified atom stereocenters. The zero-order chi connectivity index (χ0) is 21.1. The standard InChI is InChI=1S/C23H20Cl2FNO2/c1-13(2)22-18(17-5-3-4-6-20(17)26)12-19(23(28)29)21(27-22)8-7-14-9-15(24)11-16(25)10-14/h3-6,9-13H,7-8H2,1-2H3,(H,28,29). The first-order chi connectivity index (χ1) is 13.8. The molecule has 0 radical (unpaired) electrons. The normalized spacial score (nSPS) is 11.1. The maximum atomic E-state index is 14.4. The zero-order valence-electron chi connectivity index (χ0n) is 16.0. The van der Waals surface area contributed by atoms with Crippen LogP contribution in [0.15, 0.2) is 48.5 Å². The third kappa shape index (κ3) is 4.95. The molecule has 1 N–H and O–H groups in total. The predicted octanol–water partition coefficient (Wildman–Crippen LogP) is 6.80. The Kier molecular flexibility index (Phi) is 6.56. The SMILES string of the molecule is CC(C)c1nc(CCc2cc(Cl)cc(Cl)c2)c(C(=O)O)cc1-c1ccccc1F. The summed E-state index contributed by atoms with van der Waals surface area (Å²) in [6, 6.07) is 13.1. The zero-order valence-corrected chi connectivity index (χ0v) is 17.6. The largest absolute Gasteiger partial charge is 0.478 e. The van der Waals surface area contributed by atoms with Crippen LogP contribution in [-0.2, 0) is 12.8 Å². The minimum atomic E-state index is -1.09. The molecule has 3 rings (SSSR count). The number of carboxylic acid groups (broad SMARTS) is 1. The first-order valence-electron chi connectivity index (χ1n) is 9.23. The molecule has 29 heavy (non-hydrogen) atoms. The first-order valence-corrected chi connectivity index (χ1v) is 9.99. The van der Waals surface area contributed by atoms with Crippen molar-refractivity contribution in [2.24, 2.45) is 0 Å². The van der Waals surface area contributed by atoms with Gasteiger partial charge in [-0.3, -0.25) is 4.98 Å². The molecule has 3 aromatic rings. The second-order valence-corrected chi connectivity index (χ2v) is 8.01. The molecule has 0 saturated carbocycles. The van der Waals surface area contributed by atoms with E-state index in [4.69, 9.17) is 23.2 Å². The molecule has 150 valence electrons. The summed E-state index contributed by atoms with van der Waals surface area (Å²) < 4.78 is 14.4. The lowest BCUT2D eigenvalue weighted by atomic mass is 9.93. The number of halogens is 3. The Morgan fingerprint density at radius 3 is 2.28 bits per heavy atom. The summed E-state index contributed by atoms with van der Waals surface area (Å²) in [6.45, 7) is 3.90. The quantitative estimate of drug-likeness (QED) is 0.466. The number of nitrogens with zero attached hydrogens (tertiary/aromatic N) is 1. The number of carboxylic acids is 1. The molecule has 1 heterocycles. The summed E-state index contributed by atoms with van der Waals surface area (Å²) >= 11 is 12.1. The van der Waals surface area contributed by atoms with Gasteiger partial charge in [-0.1, -0.05) is 55.2 Å². The lowest BCUT2D eigenvalue weighted by Crippen LogP contribution is -2.11. The van der Waals surface area contributed by atoms with E-state index >= 15 is 0 Å². The van der Waals surface area contributed by atoms with Gasteiger partial charge in [0.15, 0.2) is 0 Å². The second-order valence-electron chi connectivity index (χ2n) is 7.13. The summed E-state index contributed by atoms with van der Waals surface area (Å²) in [7, 11) is 0. The number of aromatic carboxylic acids is 1. The van der Waals surface area contributed by atoms with Crippen LogP contribution in [0.5, 0.6) is 0 Å². The molecule has 6 heteroatoms. The smallest absolute Gasteiger partial charge is 0.337 e. The Balaban J connectivity index is 2.06. The third-order valence-corrected chi connectivity index (χ3v) is 5.08. The molecule has 3 nitrogen and oxygen atoms in total. The minimum absolute atomic E-state index is 0.00758. The number of hydrogen-bond donors (Lipinski definition) is 1. The van der Waals surface area contributed by atoms with Crippen molar-refractivity contribution in [3.05, 3.63) is 86.9 Å². The number of rotatable bonds is 6. The summed E-state index contributed by atoms with van der Waals surface area (Å²) in [5.74, 6) is -1.51. The van der Waals surface area contributed by atoms with Gasteiger partial charge in [-0.05, 0) is 54.7 Å². The van der Waals surface area contributed by atoms with Crippen molar-refractivity contribution >= 4 is 29.2 Å². The minimum Gasteiger partial charge on any atom is -0.478 e. The molecule has 0 atom stereocenters. The van der Waals surface area contributed by atoms with Gasteiger partial charge in [-0.25, -0.2) is 9.18 Å². The van der Waals surface area contributed by atoms with Gasteiger partial charge < -0.3 is 5.11 Å². The van der Waals surface area contributed by atoms with Gasteiger partial charge in [-0.15, -0.1) is 0 Å². The lowest BCUT2D eigenvalue weighted by molar-refractivity contribution is 0.0695. The molecular formula is C23H20Cl2FNO2. The molecule has 0 spiro atoms. The van der Waals surface area contributed by atoms with E-state index in [-0.39, 0.29) is 11.5 Å². The average Bonchev–Trinajstić information content (AvgIpc) is 2.65. The lowest BCUT2D eigenvalue weighted by Gasteiger charge is -2.17. The van der Waals surface area contributed by atoms with Gasteiger partial charge in [0.05, 0.1) is 17.0 Å². The highest BCUT2D eigenvalue weighted by molar-refractivity contribution is 6.34. The van der Waals surface area contributed by atoms with Crippen LogP contribution in [0.2, 0.25) is 10.0 Å². The average molecular weight is 432 g/mol. The maximum Gasteiger partial charge on any atom is 0.337 e. The predicted molar refractivity (Wildman–Crippen MR) is 115 cm³/mol. The van der Waals surface area contributed by atoms with Crippen LogP contribution in [0.4, 0.5) is 4.39 Å². The van der Waals surface area contributed by atoms with Crippen LogP contribution in [0.1, 0.15) is 47.1 Å². The van der Waals surface area contributed by atoms with Gasteiger partial charge in [0.25, 0.3) is 0 Å². The number of pyridine rings is 1. The maximum absolute atomic E-state index is 14.4. The van der Waals surface area contributed by atoms with Gasteiger partial charge in [0.1, 0.15) is 5.82 Å². The molecule has 0 amide bonds. The number of aryl methyl sites for hydroxylation is 2. The number of carbonyl (C=O) groups is 1. The van der Waals surface area contributed by atoms with E-state index in [1.165, 1.54) is 12.1 Å². The number of hydrogen-bond acceptors (Lipinski definition) is 2. The molecular weight excluding hydrogens is 412 g/mol. The monoisotopic (exact) mass is 431 g/mol. The van der Waals surface area contributed by atoms with Crippen molar-refractivity contribution in [2.75, 3.05) is 0 Å². The highest BCUT2D eigenvalue weighted by Gasteiger charge is 2.21. The fraction of sp³-hybridized carbons (Fsp3) is 0.217. The molecule has 2 aromatic carbocycles. The van der Waals surface area contributed by atoms with E-state index in [1.807, 2.05) is 13.8 Å². The number of aromatic nitrogens is 1. The molecule has 0 fully saturated rings. The van der Waals surface area contributed by atoms with E-state index in [2.05, 4.69) is 4.98 Å². The van der Waals surface area contributed by atoms with Crippen LogP contribution in [0, 0.1) is 5.82 Å². The van der Waals surface area contributed by atoms with Gasteiger partial charge in [0, 0.05) is 21.2 Å². The topological polar surface area (TPSA) is 50.2 Å². The fourth-order valence-corrected chi connectivity index (χ4v) is 3.87. The van der Waals surface area contributed by atoms with Crippen LogP contribution in [0.25, 0.3) is 11.1 Å². The molecule has 0 aliphatic heterocycles. The van der Waals surface area contributed by atoms with Gasteiger partial charge in [0.2, 0.25) is 0 Å². The van der Waals surface area contributed by atoms with E-state index in [0.29, 0.717) is 45.4 Å². The third-order valence-electron chi connectivity index (χ3n) is 4.65. The van der Waals surface area contributed by atoms with E-state index in [1.54, 1.807) is 36.4 Å². The van der Waals surface area contributed by atoms with Gasteiger partial charge >= 0.3 is 5.97 Å². The van der Waals surface area contributed by atoms with Crippen LogP contribution in [0.3, 0.4) is 0 Å². The Hall–Kier alpha value is -2.43. The Labute approximate surface area is 179 Å². The Bertz CT molecular complexity index is 1050. The van der Waals surface area contributed by atoms with E-state index < -0.39 is 11.8 Å². The van der Waals surface area contributed by atoms with Crippen LogP contribution in [-0.4, -0.2) is 16.1 Å². The highest BCUT2D eigenvalue weighted by Crippen LogP contribution is 2.32. The fourth-order valence-electron chi connectivity index (χ4n) is 3.30. The molecule has 0 aliphatic rings. The van der Waals surface area contributed by atoms with E-state index in [9.17, 15) is 14.3 Å². The molecule has 1 aromatic heterocycles. The molecule has 0 saturated heterocycles. The summed E-state index contributed by atoms with van der Waals surface area (Å²) in [6.07, 6.45) is 0.930. The van der Waals surface area contributed by atoms with Crippen molar-refractivity contribution in [3.8, 4) is 11.1 Å². The van der Waals surface area contributed by atoms with Crippen molar-refractivity contribution in [2.45, 2.75) is 32.6 Å². The molecule has 0 bridgehead atoms. The van der Waals surface area contributed by atoms with Crippen LogP contribution >= 0.6 is 23.2 Å². The van der Waals surface area contributed by atoms with E-state index in [0.717, 1.165) is 5.56 Å². The highest BCUT2D eigenvalue weighted by atomic mass is 35.5.